The number of hydrogen-bond donors (Lipinski definition) is 4. The van der Waals surface area contributed by atoms with E-state index in [4.69, 9.17) is 0 Å². The van der Waals surface area contributed by atoms with Gasteiger partial charge in [0.2, 0.25) is 0 Å². The number of rotatable bonds is 3. The molecule has 0 bridgehead atoms. The van der Waals surface area contributed by atoms with Crippen LogP contribution in [0.1, 0.15) is 0 Å². The molecule has 0 aliphatic heterocycles. The largest absolute Gasteiger partial charge is 0.347 e. The van der Waals surface area contributed by atoms with Gasteiger partial charge in [-0.15, -0.1) is 0 Å². The number of hydrogen-bond acceptors (Lipinski definition) is 4. The van der Waals surface area contributed by atoms with Crippen molar-refractivity contribution in [2.24, 2.45) is 0 Å². The highest BCUT2D eigenvalue weighted by atomic mass is 31.2. The molecular formula is C12H12O4P2. The van der Waals surface area contributed by atoms with Crippen LogP contribution in [0.25, 0.3) is 11.1 Å². The molecule has 2 rings (SSSR count). The first-order valence-corrected chi connectivity index (χ1v) is 7.65. The van der Waals surface area contributed by atoms with E-state index in [0.29, 0.717) is 21.7 Å². The second-order valence-electron chi connectivity index (χ2n) is 3.61. The van der Waals surface area contributed by atoms with Crippen molar-refractivity contribution >= 4 is 27.4 Å². The lowest BCUT2D eigenvalue weighted by Gasteiger charge is -2.14. The Morgan fingerprint density at radius 1 is 0.556 bits per heavy atom. The molecule has 2 aromatic rings. The van der Waals surface area contributed by atoms with Gasteiger partial charge in [0.15, 0.2) is 16.8 Å². The van der Waals surface area contributed by atoms with Gasteiger partial charge in [0.25, 0.3) is 0 Å². The van der Waals surface area contributed by atoms with E-state index in [1.165, 1.54) is 0 Å². The summed E-state index contributed by atoms with van der Waals surface area (Å²) in [6, 6.07) is 13.7. The van der Waals surface area contributed by atoms with Gasteiger partial charge in [-0.1, -0.05) is 36.4 Å². The van der Waals surface area contributed by atoms with Gasteiger partial charge in [0.05, 0.1) is 0 Å². The lowest BCUT2D eigenvalue weighted by molar-refractivity contribution is 0.495. The second-order valence-corrected chi connectivity index (χ2v) is 5.73. The average Bonchev–Trinajstić information content (AvgIpc) is 2.38. The van der Waals surface area contributed by atoms with E-state index in [1.807, 2.05) is 0 Å². The van der Waals surface area contributed by atoms with E-state index < -0.39 is 16.8 Å². The predicted octanol–water partition coefficient (Wildman–Crippen LogP) is 1.20. The molecule has 0 aliphatic rings. The van der Waals surface area contributed by atoms with Gasteiger partial charge in [-0.3, -0.25) is 0 Å². The van der Waals surface area contributed by atoms with E-state index in [-0.39, 0.29) is 0 Å². The maximum Gasteiger partial charge on any atom is 0.200 e. The summed E-state index contributed by atoms with van der Waals surface area (Å²) in [5.41, 5.74) is 1.22. The van der Waals surface area contributed by atoms with Gasteiger partial charge in [0, 0.05) is 10.6 Å². The van der Waals surface area contributed by atoms with Crippen molar-refractivity contribution in [1.82, 2.24) is 0 Å². The first kappa shape index (κ1) is 13.6. The van der Waals surface area contributed by atoms with Gasteiger partial charge in [-0.05, 0) is 23.3 Å². The third kappa shape index (κ3) is 2.76. The van der Waals surface area contributed by atoms with Crippen molar-refractivity contribution in [2.45, 2.75) is 0 Å². The molecule has 2 aromatic carbocycles. The fourth-order valence-corrected chi connectivity index (χ4v) is 3.01. The quantitative estimate of drug-likeness (QED) is 0.638. The van der Waals surface area contributed by atoms with Crippen molar-refractivity contribution in [1.29, 1.82) is 0 Å². The lowest BCUT2D eigenvalue weighted by Crippen LogP contribution is -2.11. The van der Waals surface area contributed by atoms with Crippen LogP contribution in [-0.4, -0.2) is 19.6 Å². The molecule has 18 heavy (non-hydrogen) atoms. The summed E-state index contributed by atoms with van der Waals surface area (Å²) in [5.74, 6) is 0. The monoisotopic (exact) mass is 282 g/mol. The van der Waals surface area contributed by atoms with Crippen LogP contribution < -0.4 is 10.6 Å². The molecule has 0 saturated heterocycles. The van der Waals surface area contributed by atoms with Crippen LogP contribution in [0.2, 0.25) is 0 Å². The van der Waals surface area contributed by atoms with Crippen molar-refractivity contribution in [3.05, 3.63) is 48.5 Å². The lowest BCUT2D eigenvalue weighted by atomic mass is 10.1. The summed E-state index contributed by atoms with van der Waals surface area (Å²) in [5, 5.41) is 0.800. The summed E-state index contributed by atoms with van der Waals surface area (Å²) in [4.78, 5) is 37.6. The van der Waals surface area contributed by atoms with Gasteiger partial charge in [-0.2, -0.15) is 0 Å². The zero-order valence-corrected chi connectivity index (χ0v) is 11.1. The third-order valence-corrected chi connectivity index (χ3v) is 4.17. The van der Waals surface area contributed by atoms with Crippen molar-refractivity contribution in [2.75, 3.05) is 0 Å². The summed E-state index contributed by atoms with van der Waals surface area (Å²) >= 11 is 0. The van der Waals surface area contributed by atoms with Gasteiger partial charge >= 0.3 is 0 Å². The van der Waals surface area contributed by atoms with Crippen molar-refractivity contribution < 1.29 is 19.6 Å². The number of benzene rings is 2. The zero-order valence-electron chi connectivity index (χ0n) is 9.30. The maximum atomic E-state index is 9.40. The minimum Gasteiger partial charge on any atom is -0.347 e. The van der Waals surface area contributed by atoms with Crippen LogP contribution in [0.15, 0.2) is 48.5 Å². The minimum absolute atomic E-state index is 0.400. The van der Waals surface area contributed by atoms with Crippen LogP contribution in [0, 0.1) is 0 Å². The summed E-state index contributed by atoms with van der Waals surface area (Å²) in [6.07, 6.45) is 0. The minimum atomic E-state index is -2.23. The SMILES string of the molecule is OP(O)c1ccccc1-c1ccccc1P(O)O. The maximum absolute atomic E-state index is 9.40. The van der Waals surface area contributed by atoms with Gasteiger partial charge in [-0.25, -0.2) is 0 Å². The van der Waals surface area contributed by atoms with Crippen LogP contribution in [0.5, 0.6) is 0 Å². The second kappa shape index (κ2) is 5.85. The summed E-state index contributed by atoms with van der Waals surface area (Å²) < 4.78 is 0. The fraction of sp³-hybridized carbons (Fsp3) is 0. The van der Waals surface area contributed by atoms with Crippen LogP contribution in [0.4, 0.5) is 0 Å². The molecule has 0 fully saturated rings. The molecule has 4 nitrogen and oxygen atoms in total. The molecule has 0 atom stereocenters. The molecule has 0 heterocycles. The first-order chi connectivity index (χ1) is 8.61. The molecule has 6 heteroatoms. The molecule has 0 radical (unpaired) electrons. The third-order valence-electron chi connectivity index (χ3n) is 2.53. The standard InChI is InChI=1S/C12H12O4P2/c13-17(14)11-7-3-1-5-9(11)10-6-2-4-8-12(10)18(15)16/h1-8,13-16H. The molecule has 94 valence electrons. The Morgan fingerprint density at radius 3 is 1.22 bits per heavy atom. The highest BCUT2D eigenvalue weighted by Gasteiger charge is 2.16. The predicted molar refractivity (Wildman–Crippen MR) is 73.9 cm³/mol. The molecule has 0 saturated carbocycles. The van der Waals surface area contributed by atoms with Gasteiger partial charge < -0.3 is 19.6 Å². The Bertz CT molecular complexity index is 494. The first-order valence-electron chi connectivity index (χ1n) is 5.15. The Morgan fingerprint density at radius 2 is 0.889 bits per heavy atom. The molecule has 0 aromatic heterocycles. The zero-order chi connectivity index (χ0) is 13.1. The van der Waals surface area contributed by atoms with E-state index in [0.717, 1.165) is 0 Å². The smallest absolute Gasteiger partial charge is 0.200 e. The summed E-state index contributed by atoms with van der Waals surface area (Å²) in [7, 11) is -4.46. The van der Waals surface area contributed by atoms with E-state index in [1.54, 1.807) is 48.5 Å². The average molecular weight is 282 g/mol. The Labute approximate surface area is 107 Å². The van der Waals surface area contributed by atoms with Crippen LogP contribution in [0.3, 0.4) is 0 Å². The molecule has 0 amide bonds. The van der Waals surface area contributed by atoms with E-state index in [2.05, 4.69) is 0 Å². The fourth-order valence-electron chi connectivity index (χ4n) is 1.75. The summed E-state index contributed by atoms with van der Waals surface area (Å²) in [6.45, 7) is 0. The molecule has 0 spiro atoms. The molecule has 4 N–H and O–H groups in total. The Hall–Kier alpha value is -0.860. The topological polar surface area (TPSA) is 80.9 Å². The molecule has 0 aliphatic carbocycles. The molecule has 0 unspecified atom stereocenters. The van der Waals surface area contributed by atoms with Crippen molar-refractivity contribution in [3.63, 3.8) is 0 Å². The van der Waals surface area contributed by atoms with E-state index in [9.17, 15) is 19.6 Å². The molecular weight excluding hydrogens is 270 g/mol. The highest BCUT2D eigenvalue weighted by molar-refractivity contribution is 7.55. The normalized spacial score (nSPS) is 11.2. The Balaban J connectivity index is 2.62. The van der Waals surface area contributed by atoms with Crippen LogP contribution >= 0.6 is 16.8 Å². The Kier molecular flexibility index (Phi) is 4.41. The van der Waals surface area contributed by atoms with Crippen LogP contribution in [-0.2, 0) is 0 Å². The van der Waals surface area contributed by atoms with E-state index >= 15 is 0 Å². The van der Waals surface area contributed by atoms with Gasteiger partial charge in [0.1, 0.15) is 0 Å². The highest BCUT2D eigenvalue weighted by Crippen LogP contribution is 2.33. The van der Waals surface area contributed by atoms with Crippen molar-refractivity contribution in [3.8, 4) is 11.1 Å².